The zero-order valence-corrected chi connectivity index (χ0v) is 7.73. The number of carbonyl (C=O) groups is 1. The fourth-order valence-electron chi connectivity index (χ4n) is 0.967. The number of hydrogen-bond donors (Lipinski definition) is 1. The number of nitrogens with two attached hydrogens (primary N) is 1. The van der Waals surface area contributed by atoms with Crippen molar-refractivity contribution in [2.45, 2.75) is 45.4 Å². The van der Waals surface area contributed by atoms with Crippen LogP contribution in [-0.2, 0) is 4.79 Å². The Morgan fingerprint density at radius 2 is 1.92 bits per heavy atom. The highest BCUT2D eigenvalue weighted by molar-refractivity contribution is 5.91. The largest absolute Gasteiger partial charge is 0.359 e. The van der Waals surface area contributed by atoms with Gasteiger partial charge in [-0.25, -0.2) is 0 Å². The molecule has 0 aliphatic heterocycles. The van der Waals surface area contributed by atoms with Crippen LogP contribution in [0.3, 0.4) is 0 Å². The lowest BCUT2D eigenvalue weighted by Gasteiger charge is -1.94. The molecular formula is C10H17NO. The Kier molecular flexibility index (Phi) is 7.47. The molecule has 0 bridgehead atoms. The molecule has 2 nitrogen and oxygen atoms in total. The number of primary amides is 1. The molecule has 2 N–H and O–H groups in total. The third kappa shape index (κ3) is 9.03. The third-order valence-electron chi connectivity index (χ3n) is 1.62. The monoisotopic (exact) mass is 167 g/mol. The maximum atomic E-state index is 10.2. The van der Waals surface area contributed by atoms with Crippen LogP contribution in [0.4, 0.5) is 0 Å². The van der Waals surface area contributed by atoms with Gasteiger partial charge in [-0.3, -0.25) is 4.79 Å². The van der Waals surface area contributed by atoms with Crippen molar-refractivity contribution in [3.63, 3.8) is 0 Å². The molecule has 0 spiro atoms. The summed E-state index contributed by atoms with van der Waals surface area (Å²) in [5.41, 5.74) is 4.84. The van der Waals surface area contributed by atoms with Gasteiger partial charge in [0.25, 0.3) is 5.91 Å². The minimum atomic E-state index is -0.524. The molecule has 12 heavy (non-hydrogen) atoms. The van der Waals surface area contributed by atoms with E-state index in [0.717, 1.165) is 12.8 Å². The van der Waals surface area contributed by atoms with Crippen LogP contribution in [0.25, 0.3) is 0 Å². The number of hydrogen-bond acceptors (Lipinski definition) is 1. The predicted molar refractivity (Wildman–Crippen MR) is 50.3 cm³/mol. The van der Waals surface area contributed by atoms with E-state index in [1.807, 2.05) is 0 Å². The summed E-state index contributed by atoms with van der Waals surface area (Å²) in [6, 6.07) is 0. The highest BCUT2D eigenvalue weighted by atomic mass is 16.1. The minimum absolute atomic E-state index is 0.524. The number of rotatable bonds is 5. The molecule has 0 heterocycles. The number of amides is 1. The molecule has 2 heteroatoms. The highest BCUT2D eigenvalue weighted by Crippen LogP contribution is 2.03. The van der Waals surface area contributed by atoms with Crippen LogP contribution in [-0.4, -0.2) is 5.91 Å². The van der Waals surface area contributed by atoms with Gasteiger partial charge >= 0.3 is 0 Å². The first kappa shape index (κ1) is 11.0. The van der Waals surface area contributed by atoms with Gasteiger partial charge in [0.1, 0.15) is 0 Å². The van der Waals surface area contributed by atoms with Crippen LogP contribution in [0.5, 0.6) is 0 Å². The summed E-state index contributed by atoms with van der Waals surface area (Å²) < 4.78 is 0. The van der Waals surface area contributed by atoms with Gasteiger partial charge in [0.2, 0.25) is 0 Å². The normalized spacial score (nSPS) is 8.75. The maximum Gasteiger partial charge on any atom is 0.293 e. The average Bonchev–Trinajstić information content (AvgIpc) is 2.02. The van der Waals surface area contributed by atoms with E-state index in [-0.39, 0.29) is 0 Å². The van der Waals surface area contributed by atoms with E-state index in [4.69, 9.17) is 5.73 Å². The molecule has 0 atom stereocenters. The van der Waals surface area contributed by atoms with Gasteiger partial charge in [0.15, 0.2) is 0 Å². The standard InChI is InChI=1S/C10H17NO/c1-2-3-4-5-6-7-8-9-10(11)12/h2-7H2,1H3,(H2,11,12). The first-order chi connectivity index (χ1) is 5.77. The van der Waals surface area contributed by atoms with Gasteiger partial charge in [-0.05, 0) is 12.3 Å². The zero-order valence-electron chi connectivity index (χ0n) is 7.73. The predicted octanol–water partition coefficient (Wildman–Crippen LogP) is 1.84. The second kappa shape index (κ2) is 8.13. The molecule has 0 saturated carbocycles. The van der Waals surface area contributed by atoms with Crippen LogP contribution in [0.1, 0.15) is 45.4 Å². The van der Waals surface area contributed by atoms with Crippen molar-refractivity contribution in [1.82, 2.24) is 0 Å². The van der Waals surface area contributed by atoms with Gasteiger partial charge in [-0.15, -0.1) is 0 Å². The van der Waals surface area contributed by atoms with Crippen LogP contribution in [0.2, 0.25) is 0 Å². The van der Waals surface area contributed by atoms with Crippen molar-refractivity contribution in [3.05, 3.63) is 0 Å². The quantitative estimate of drug-likeness (QED) is 0.492. The summed E-state index contributed by atoms with van der Waals surface area (Å²) in [5, 5.41) is 0. The van der Waals surface area contributed by atoms with Gasteiger partial charge < -0.3 is 5.73 Å². The molecule has 0 aliphatic carbocycles. The van der Waals surface area contributed by atoms with E-state index in [1.54, 1.807) is 0 Å². The molecule has 0 saturated heterocycles. The van der Waals surface area contributed by atoms with Crippen LogP contribution in [0.15, 0.2) is 0 Å². The summed E-state index contributed by atoms with van der Waals surface area (Å²) in [5.74, 6) is 4.54. The van der Waals surface area contributed by atoms with Gasteiger partial charge in [-0.2, -0.15) is 0 Å². The Morgan fingerprint density at radius 1 is 1.25 bits per heavy atom. The smallest absolute Gasteiger partial charge is 0.293 e. The van der Waals surface area contributed by atoms with Gasteiger partial charge in [0, 0.05) is 6.42 Å². The number of carbonyl (C=O) groups excluding carboxylic acids is 1. The second-order valence-corrected chi connectivity index (χ2v) is 2.83. The highest BCUT2D eigenvalue weighted by Gasteiger charge is 1.86. The molecule has 0 radical (unpaired) electrons. The summed E-state index contributed by atoms with van der Waals surface area (Å²) in [6.07, 6.45) is 6.92. The van der Waals surface area contributed by atoms with Crippen molar-refractivity contribution in [2.75, 3.05) is 0 Å². The molecule has 68 valence electrons. The first-order valence-corrected chi connectivity index (χ1v) is 4.55. The Hall–Kier alpha value is -0.970. The molecule has 0 rings (SSSR count). The zero-order chi connectivity index (χ0) is 9.23. The van der Waals surface area contributed by atoms with E-state index in [9.17, 15) is 4.79 Å². The molecule has 0 fully saturated rings. The second-order valence-electron chi connectivity index (χ2n) is 2.83. The third-order valence-corrected chi connectivity index (χ3v) is 1.62. The van der Waals surface area contributed by atoms with Crippen LogP contribution in [0, 0.1) is 11.8 Å². The van der Waals surface area contributed by atoms with E-state index < -0.39 is 5.91 Å². The topological polar surface area (TPSA) is 43.1 Å². The summed E-state index contributed by atoms with van der Waals surface area (Å²) in [6.45, 7) is 2.19. The van der Waals surface area contributed by atoms with E-state index in [1.165, 1.54) is 25.7 Å². The van der Waals surface area contributed by atoms with Crippen molar-refractivity contribution >= 4 is 5.91 Å². The molecular weight excluding hydrogens is 150 g/mol. The van der Waals surface area contributed by atoms with E-state index >= 15 is 0 Å². The summed E-state index contributed by atoms with van der Waals surface area (Å²) in [4.78, 5) is 10.2. The molecule has 0 unspecified atom stereocenters. The molecule has 0 aromatic heterocycles. The van der Waals surface area contributed by atoms with Crippen molar-refractivity contribution in [1.29, 1.82) is 0 Å². The van der Waals surface area contributed by atoms with E-state index in [2.05, 4.69) is 18.8 Å². The molecule has 0 aliphatic rings. The lowest BCUT2D eigenvalue weighted by atomic mass is 10.1. The Labute approximate surface area is 74.5 Å². The molecule has 1 amide bonds. The minimum Gasteiger partial charge on any atom is -0.359 e. The van der Waals surface area contributed by atoms with Gasteiger partial charge in [-0.1, -0.05) is 38.5 Å². The van der Waals surface area contributed by atoms with Crippen molar-refractivity contribution < 1.29 is 4.79 Å². The Bertz CT molecular complexity index is 176. The van der Waals surface area contributed by atoms with Crippen LogP contribution >= 0.6 is 0 Å². The Balaban J connectivity index is 3.12. The lowest BCUT2D eigenvalue weighted by molar-refractivity contribution is -0.112. The lowest BCUT2D eigenvalue weighted by Crippen LogP contribution is -2.05. The Morgan fingerprint density at radius 3 is 2.50 bits per heavy atom. The van der Waals surface area contributed by atoms with E-state index in [0.29, 0.717) is 0 Å². The first-order valence-electron chi connectivity index (χ1n) is 4.55. The summed E-state index contributed by atoms with van der Waals surface area (Å²) >= 11 is 0. The fraction of sp³-hybridized carbons (Fsp3) is 0.700. The fourth-order valence-corrected chi connectivity index (χ4v) is 0.967. The molecule has 0 aromatic rings. The molecule has 0 aromatic carbocycles. The van der Waals surface area contributed by atoms with Crippen molar-refractivity contribution in [3.8, 4) is 11.8 Å². The van der Waals surface area contributed by atoms with Crippen LogP contribution < -0.4 is 5.73 Å². The van der Waals surface area contributed by atoms with Gasteiger partial charge in [0.05, 0.1) is 0 Å². The SMILES string of the molecule is CCCCCCCC#CC(N)=O. The summed E-state index contributed by atoms with van der Waals surface area (Å²) in [7, 11) is 0. The van der Waals surface area contributed by atoms with Crippen molar-refractivity contribution in [2.24, 2.45) is 5.73 Å². The number of unbranched alkanes of at least 4 members (excludes halogenated alkanes) is 5. The maximum absolute atomic E-state index is 10.2. The average molecular weight is 167 g/mol.